The van der Waals surface area contributed by atoms with Crippen LogP contribution in [-0.2, 0) is 11.3 Å². The number of halogens is 1. The lowest BCUT2D eigenvalue weighted by Crippen LogP contribution is -2.35. The Bertz CT molecular complexity index is 422. The lowest BCUT2D eigenvalue weighted by atomic mass is 10.1. The van der Waals surface area contributed by atoms with Crippen molar-refractivity contribution in [3.63, 3.8) is 0 Å². The van der Waals surface area contributed by atoms with Crippen molar-refractivity contribution in [1.82, 2.24) is 5.32 Å². The number of benzene rings is 1. The van der Waals surface area contributed by atoms with Gasteiger partial charge in [-0.25, -0.2) is 4.39 Å². The van der Waals surface area contributed by atoms with Crippen molar-refractivity contribution >= 4 is 0 Å². The van der Waals surface area contributed by atoms with Crippen LogP contribution in [0.4, 0.5) is 4.39 Å². The van der Waals surface area contributed by atoms with E-state index in [2.05, 4.69) is 5.32 Å². The van der Waals surface area contributed by atoms with E-state index in [1.807, 2.05) is 6.07 Å². The summed E-state index contributed by atoms with van der Waals surface area (Å²) in [4.78, 5) is 0. The van der Waals surface area contributed by atoms with Gasteiger partial charge in [0.25, 0.3) is 0 Å². The van der Waals surface area contributed by atoms with Crippen LogP contribution in [0.15, 0.2) is 18.2 Å². The van der Waals surface area contributed by atoms with Crippen molar-refractivity contribution in [2.45, 2.75) is 25.6 Å². The normalized spacial score (nSPS) is 19.9. The van der Waals surface area contributed by atoms with Crippen molar-refractivity contribution in [1.29, 1.82) is 5.26 Å². The summed E-state index contributed by atoms with van der Waals surface area (Å²) in [6.45, 7) is 2.07. The predicted octanol–water partition coefficient (Wildman–Crippen LogP) is 1.97. The first-order chi connectivity index (χ1) is 8.29. The first-order valence-electron chi connectivity index (χ1n) is 5.80. The van der Waals surface area contributed by atoms with Crippen molar-refractivity contribution in [2.75, 3.05) is 13.1 Å². The van der Waals surface area contributed by atoms with Gasteiger partial charge in [-0.1, -0.05) is 0 Å². The largest absolute Gasteiger partial charge is 0.372 e. The standard InChI is InChI=1S/C13H15FN2O/c14-13-4-3-10(7-15)6-11(13)9-17-12-2-1-5-16-8-12/h3-4,6,12,16H,1-2,5,8-9H2/t12-/m0/s1. The average Bonchev–Trinajstić information content (AvgIpc) is 2.39. The molecule has 1 aliphatic heterocycles. The Hall–Kier alpha value is -1.44. The Morgan fingerprint density at radius 2 is 2.41 bits per heavy atom. The van der Waals surface area contributed by atoms with Gasteiger partial charge < -0.3 is 10.1 Å². The molecular formula is C13H15FN2O. The maximum atomic E-state index is 13.5. The fraction of sp³-hybridized carbons (Fsp3) is 0.462. The van der Waals surface area contributed by atoms with Crippen molar-refractivity contribution in [3.8, 4) is 6.07 Å². The highest BCUT2D eigenvalue weighted by molar-refractivity contribution is 5.33. The van der Waals surface area contributed by atoms with E-state index in [1.165, 1.54) is 12.1 Å². The van der Waals surface area contributed by atoms with Gasteiger partial charge >= 0.3 is 0 Å². The Kier molecular flexibility index (Phi) is 4.08. The number of hydrogen-bond donors (Lipinski definition) is 1. The van der Waals surface area contributed by atoms with E-state index >= 15 is 0 Å². The summed E-state index contributed by atoms with van der Waals surface area (Å²) >= 11 is 0. The number of rotatable bonds is 3. The van der Waals surface area contributed by atoms with Gasteiger partial charge in [0, 0.05) is 12.1 Å². The third-order valence-corrected chi connectivity index (χ3v) is 2.90. The minimum atomic E-state index is -0.312. The van der Waals surface area contributed by atoms with Gasteiger partial charge in [-0.05, 0) is 37.6 Å². The molecule has 0 spiro atoms. The summed E-state index contributed by atoms with van der Waals surface area (Å²) in [7, 11) is 0. The van der Waals surface area contributed by atoms with Crippen LogP contribution in [0.25, 0.3) is 0 Å². The number of nitriles is 1. The lowest BCUT2D eigenvalue weighted by Gasteiger charge is -2.23. The van der Waals surface area contributed by atoms with Crippen molar-refractivity contribution < 1.29 is 9.13 Å². The molecule has 1 atom stereocenters. The number of ether oxygens (including phenoxy) is 1. The third kappa shape index (κ3) is 3.26. The molecule has 0 radical (unpaired) electrons. The Morgan fingerprint density at radius 1 is 1.53 bits per heavy atom. The van der Waals surface area contributed by atoms with Crippen LogP contribution in [-0.4, -0.2) is 19.2 Å². The molecule has 4 heteroatoms. The monoisotopic (exact) mass is 234 g/mol. The van der Waals surface area contributed by atoms with E-state index in [9.17, 15) is 4.39 Å². The summed E-state index contributed by atoms with van der Waals surface area (Å²) in [6, 6.07) is 6.33. The maximum Gasteiger partial charge on any atom is 0.128 e. The smallest absolute Gasteiger partial charge is 0.128 e. The molecule has 1 saturated heterocycles. The number of hydrogen-bond acceptors (Lipinski definition) is 3. The first-order valence-corrected chi connectivity index (χ1v) is 5.80. The lowest BCUT2D eigenvalue weighted by molar-refractivity contribution is 0.0239. The van der Waals surface area contributed by atoms with E-state index in [-0.39, 0.29) is 18.5 Å². The van der Waals surface area contributed by atoms with E-state index in [1.54, 1.807) is 6.07 Å². The molecule has 1 heterocycles. The quantitative estimate of drug-likeness (QED) is 0.869. The zero-order valence-electron chi connectivity index (χ0n) is 9.58. The van der Waals surface area contributed by atoms with Gasteiger partial charge in [0.1, 0.15) is 5.82 Å². The minimum Gasteiger partial charge on any atom is -0.372 e. The maximum absolute atomic E-state index is 13.5. The highest BCUT2D eigenvalue weighted by Crippen LogP contribution is 2.14. The molecule has 1 fully saturated rings. The molecule has 0 aromatic heterocycles. The molecular weight excluding hydrogens is 219 g/mol. The van der Waals surface area contributed by atoms with Gasteiger partial charge in [0.15, 0.2) is 0 Å². The molecule has 90 valence electrons. The molecule has 1 aliphatic rings. The Balaban J connectivity index is 1.95. The molecule has 1 aromatic rings. The molecule has 0 unspecified atom stereocenters. The average molecular weight is 234 g/mol. The van der Waals surface area contributed by atoms with Crippen LogP contribution in [0.3, 0.4) is 0 Å². The second-order valence-corrected chi connectivity index (χ2v) is 4.20. The summed E-state index contributed by atoms with van der Waals surface area (Å²) in [5.41, 5.74) is 0.918. The number of nitrogens with zero attached hydrogens (tertiary/aromatic N) is 1. The van der Waals surface area contributed by atoms with E-state index in [4.69, 9.17) is 10.00 Å². The molecule has 0 amide bonds. The zero-order valence-corrected chi connectivity index (χ0v) is 9.58. The van der Waals surface area contributed by atoms with Crippen LogP contribution < -0.4 is 5.32 Å². The van der Waals surface area contributed by atoms with Gasteiger partial charge in [0.2, 0.25) is 0 Å². The van der Waals surface area contributed by atoms with Gasteiger partial charge in [-0.3, -0.25) is 0 Å². The number of nitrogens with one attached hydrogen (secondary N) is 1. The first kappa shape index (κ1) is 12.0. The van der Waals surface area contributed by atoms with E-state index in [0.29, 0.717) is 11.1 Å². The summed E-state index contributed by atoms with van der Waals surface area (Å²) < 4.78 is 19.1. The molecule has 3 nitrogen and oxygen atoms in total. The molecule has 1 N–H and O–H groups in total. The molecule has 1 aromatic carbocycles. The van der Waals surface area contributed by atoms with Gasteiger partial charge in [0.05, 0.1) is 24.3 Å². The Morgan fingerprint density at radius 3 is 3.12 bits per heavy atom. The topological polar surface area (TPSA) is 45.0 Å². The van der Waals surface area contributed by atoms with Crippen LogP contribution >= 0.6 is 0 Å². The number of piperidine rings is 1. The zero-order chi connectivity index (χ0) is 12.1. The van der Waals surface area contributed by atoms with Gasteiger partial charge in [-0.15, -0.1) is 0 Å². The fourth-order valence-electron chi connectivity index (χ4n) is 1.92. The van der Waals surface area contributed by atoms with Gasteiger partial charge in [-0.2, -0.15) is 5.26 Å². The summed E-state index contributed by atoms with van der Waals surface area (Å²) in [6.07, 6.45) is 2.24. The van der Waals surface area contributed by atoms with Crippen molar-refractivity contribution in [3.05, 3.63) is 35.1 Å². The SMILES string of the molecule is N#Cc1ccc(F)c(CO[C@H]2CCCNC2)c1. The van der Waals surface area contributed by atoms with Crippen LogP contribution in [0.2, 0.25) is 0 Å². The highest BCUT2D eigenvalue weighted by Gasteiger charge is 2.14. The Labute approximate surface area is 100 Å². The molecule has 0 saturated carbocycles. The van der Waals surface area contributed by atoms with Crippen LogP contribution in [0.5, 0.6) is 0 Å². The third-order valence-electron chi connectivity index (χ3n) is 2.90. The fourth-order valence-corrected chi connectivity index (χ4v) is 1.92. The molecule has 0 bridgehead atoms. The molecule has 0 aliphatic carbocycles. The molecule has 17 heavy (non-hydrogen) atoms. The predicted molar refractivity (Wildman–Crippen MR) is 61.8 cm³/mol. The second kappa shape index (κ2) is 5.76. The van der Waals surface area contributed by atoms with E-state index in [0.717, 1.165) is 25.9 Å². The van der Waals surface area contributed by atoms with E-state index < -0.39 is 0 Å². The highest BCUT2D eigenvalue weighted by atomic mass is 19.1. The van der Waals surface area contributed by atoms with Crippen LogP contribution in [0.1, 0.15) is 24.0 Å². The van der Waals surface area contributed by atoms with Crippen LogP contribution in [0, 0.1) is 17.1 Å². The summed E-state index contributed by atoms with van der Waals surface area (Å²) in [5.74, 6) is -0.312. The summed E-state index contributed by atoms with van der Waals surface area (Å²) in [5, 5.41) is 12.0. The minimum absolute atomic E-state index is 0.147. The second-order valence-electron chi connectivity index (χ2n) is 4.20. The van der Waals surface area contributed by atoms with Crippen molar-refractivity contribution in [2.24, 2.45) is 0 Å². The molecule has 2 rings (SSSR count).